The molecular weight excluding hydrogens is 214 g/mol. The number of nitrogens with two attached hydrogens (primary N) is 1. The fourth-order valence-corrected chi connectivity index (χ4v) is 1.37. The molecule has 0 fully saturated rings. The molecule has 0 radical (unpaired) electrons. The molecule has 0 aliphatic rings. The molecule has 1 aromatic rings. The van der Waals surface area contributed by atoms with Crippen LogP contribution in [0.3, 0.4) is 0 Å². The fraction of sp³-hybridized carbons (Fsp3) is 0.429. The molecule has 0 bridgehead atoms. The lowest BCUT2D eigenvalue weighted by Gasteiger charge is -2.10. The average molecular weight is 233 g/mol. The van der Waals surface area contributed by atoms with Gasteiger partial charge in [0.1, 0.15) is 0 Å². The molecule has 1 rings (SSSR count). The second kappa shape index (κ2) is 7.59. The van der Waals surface area contributed by atoms with E-state index in [-0.39, 0.29) is 0 Å². The quantitative estimate of drug-likeness (QED) is 0.793. The summed E-state index contributed by atoms with van der Waals surface area (Å²) in [5.74, 6) is 7.56. The van der Waals surface area contributed by atoms with E-state index in [2.05, 4.69) is 11.8 Å². The second-order valence-corrected chi connectivity index (χ2v) is 3.37. The van der Waals surface area contributed by atoms with Crippen LogP contribution in [-0.4, -0.2) is 19.8 Å². The van der Waals surface area contributed by atoms with E-state index < -0.39 is 0 Å². The van der Waals surface area contributed by atoms with Crippen LogP contribution in [0.4, 0.5) is 0 Å². The zero-order valence-corrected chi connectivity index (χ0v) is 10.5. The molecule has 3 heteroatoms. The summed E-state index contributed by atoms with van der Waals surface area (Å²) in [6.07, 6.45) is 0.706. The van der Waals surface area contributed by atoms with E-state index in [1.54, 1.807) is 0 Å². The predicted molar refractivity (Wildman–Crippen MR) is 69.3 cm³/mol. The molecule has 17 heavy (non-hydrogen) atoms. The fourth-order valence-electron chi connectivity index (χ4n) is 1.37. The molecule has 0 aliphatic heterocycles. The van der Waals surface area contributed by atoms with E-state index in [9.17, 15) is 0 Å². The summed E-state index contributed by atoms with van der Waals surface area (Å²) in [6, 6.07) is 5.72. The Morgan fingerprint density at radius 2 is 1.82 bits per heavy atom. The normalized spacial score (nSPS) is 9.35. The molecular formula is C14H19NO2. The lowest BCUT2D eigenvalue weighted by atomic mass is 10.2. The van der Waals surface area contributed by atoms with E-state index in [1.807, 2.05) is 32.0 Å². The van der Waals surface area contributed by atoms with Crippen LogP contribution >= 0.6 is 0 Å². The number of benzene rings is 1. The Kier molecular flexibility index (Phi) is 5.98. The van der Waals surface area contributed by atoms with Crippen molar-refractivity contribution in [3.8, 4) is 23.3 Å². The Hall–Kier alpha value is -1.66. The molecule has 0 heterocycles. The number of rotatable bonds is 5. The maximum atomic E-state index is 5.52. The van der Waals surface area contributed by atoms with Crippen LogP contribution in [0.25, 0.3) is 0 Å². The maximum Gasteiger partial charge on any atom is 0.162 e. The largest absolute Gasteiger partial charge is 0.490 e. The third-order valence-electron chi connectivity index (χ3n) is 2.05. The number of ether oxygens (including phenoxy) is 2. The average Bonchev–Trinajstić information content (AvgIpc) is 2.33. The van der Waals surface area contributed by atoms with Gasteiger partial charge in [0.05, 0.1) is 13.2 Å². The van der Waals surface area contributed by atoms with Crippen LogP contribution in [-0.2, 0) is 0 Å². The lowest BCUT2D eigenvalue weighted by Crippen LogP contribution is -1.98. The van der Waals surface area contributed by atoms with E-state index >= 15 is 0 Å². The van der Waals surface area contributed by atoms with Crippen molar-refractivity contribution in [2.24, 2.45) is 5.73 Å². The van der Waals surface area contributed by atoms with Crippen molar-refractivity contribution in [3.63, 3.8) is 0 Å². The smallest absolute Gasteiger partial charge is 0.162 e. The summed E-state index contributed by atoms with van der Waals surface area (Å²) < 4.78 is 11.0. The SMILES string of the molecule is CCOc1ccc(C#CCCN)cc1OCC. The van der Waals surface area contributed by atoms with Crippen molar-refractivity contribution in [2.45, 2.75) is 20.3 Å². The van der Waals surface area contributed by atoms with Crippen LogP contribution in [0.5, 0.6) is 11.5 Å². The van der Waals surface area contributed by atoms with E-state index in [0.717, 1.165) is 17.1 Å². The molecule has 0 unspecified atom stereocenters. The lowest BCUT2D eigenvalue weighted by molar-refractivity contribution is 0.287. The Morgan fingerprint density at radius 3 is 2.47 bits per heavy atom. The van der Waals surface area contributed by atoms with Crippen molar-refractivity contribution in [2.75, 3.05) is 19.8 Å². The monoisotopic (exact) mass is 233 g/mol. The summed E-state index contributed by atoms with van der Waals surface area (Å²) in [7, 11) is 0. The first-order valence-corrected chi connectivity index (χ1v) is 5.90. The Balaban J connectivity index is 2.89. The highest BCUT2D eigenvalue weighted by molar-refractivity contribution is 5.48. The van der Waals surface area contributed by atoms with Gasteiger partial charge in [-0.1, -0.05) is 11.8 Å². The van der Waals surface area contributed by atoms with Gasteiger partial charge in [-0.2, -0.15) is 0 Å². The zero-order chi connectivity index (χ0) is 12.5. The molecule has 0 spiro atoms. The van der Waals surface area contributed by atoms with Crippen molar-refractivity contribution < 1.29 is 9.47 Å². The van der Waals surface area contributed by atoms with Crippen LogP contribution in [0, 0.1) is 11.8 Å². The predicted octanol–water partition coefficient (Wildman–Crippen LogP) is 2.18. The first-order chi connectivity index (χ1) is 8.31. The first kappa shape index (κ1) is 13.4. The number of hydrogen-bond donors (Lipinski definition) is 1. The summed E-state index contributed by atoms with van der Waals surface area (Å²) in [4.78, 5) is 0. The van der Waals surface area contributed by atoms with Crippen LogP contribution in [0.2, 0.25) is 0 Å². The first-order valence-electron chi connectivity index (χ1n) is 5.90. The zero-order valence-electron chi connectivity index (χ0n) is 10.5. The molecule has 1 aromatic carbocycles. The molecule has 0 saturated heterocycles. The molecule has 0 aromatic heterocycles. The highest BCUT2D eigenvalue weighted by Crippen LogP contribution is 2.28. The summed E-state index contributed by atoms with van der Waals surface area (Å²) in [6.45, 7) is 5.72. The molecule has 2 N–H and O–H groups in total. The minimum Gasteiger partial charge on any atom is -0.490 e. The van der Waals surface area contributed by atoms with Crippen molar-refractivity contribution in [1.29, 1.82) is 0 Å². The standard InChI is InChI=1S/C14H19NO2/c1-3-16-13-9-8-12(7-5-6-10-15)11-14(13)17-4-2/h8-9,11H,3-4,6,10,15H2,1-2H3. The summed E-state index contributed by atoms with van der Waals surface area (Å²) in [5, 5.41) is 0. The van der Waals surface area contributed by atoms with E-state index in [1.165, 1.54) is 0 Å². The molecule has 0 aliphatic carbocycles. The molecule has 0 amide bonds. The van der Waals surface area contributed by atoms with Crippen LogP contribution in [0.1, 0.15) is 25.8 Å². The summed E-state index contributed by atoms with van der Waals surface area (Å²) in [5.41, 5.74) is 6.31. The molecule has 0 saturated carbocycles. The minimum atomic E-state index is 0.586. The Labute approximate surface area is 103 Å². The Bertz CT molecular complexity index is 404. The highest BCUT2D eigenvalue weighted by atomic mass is 16.5. The van der Waals surface area contributed by atoms with Gasteiger partial charge in [-0.15, -0.1) is 0 Å². The molecule has 3 nitrogen and oxygen atoms in total. The van der Waals surface area contributed by atoms with Crippen molar-refractivity contribution >= 4 is 0 Å². The maximum absolute atomic E-state index is 5.52. The third kappa shape index (κ3) is 4.38. The second-order valence-electron chi connectivity index (χ2n) is 3.37. The van der Waals surface area contributed by atoms with Crippen LogP contribution < -0.4 is 15.2 Å². The van der Waals surface area contributed by atoms with Gasteiger partial charge in [-0.25, -0.2) is 0 Å². The number of hydrogen-bond acceptors (Lipinski definition) is 3. The van der Waals surface area contributed by atoms with Gasteiger partial charge in [0.25, 0.3) is 0 Å². The van der Waals surface area contributed by atoms with Crippen molar-refractivity contribution in [1.82, 2.24) is 0 Å². The minimum absolute atomic E-state index is 0.586. The summed E-state index contributed by atoms with van der Waals surface area (Å²) >= 11 is 0. The van der Waals surface area contributed by atoms with Gasteiger partial charge in [0, 0.05) is 18.5 Å². The van der Waals surface area contributed by atoms with Gasteiger partial charge in [0.2, 0.25) is 0 Å². The molecule has 92 valence electrons. The van der Waals surface area contributed by atoms with E-state index in [0.29, 0.717) is 26.2 Å². The Morgan fingerprint density at radius 1 is 1.12 bits per heavy atom. The van der Waals surface area contributed by atoms with Crippen molar-refractivity contribution in [3.05, 3.63) is 23.8 Å². The van der Waals surface area contributed by atoms with E-state index in [4.69, 9.17) is 15.2 Å². The van der Waals surface area contributed by atoms with Gasteiger partial charge in [-0.3, -0.25) is 0 Å². The highest BCUT2D eigenvalue weighted by Gasteiger charge is 2.04. The third-order valence-corrected chi connectivity index (χ3v) is 2.05. The topological polar surface area (TPSA) is 44.5 Å². The molecule has 0 atom stereocenters. The van der Waals surface area contributed by atoms with Gasteiger partial charge >= 0.3 is 0 Å². The van der Waals surface area contributed by atoms with Gasteiger partial charge in [0.15, 0.2) is 11.5 Å². The van der Waals surface area contributed by atoms with Gasteiger partial charge < -0.3 is 15.2 Å². The van der Waals surface area contributed by atoms with Crippen LogP contribution in [0.15, 0.2) is 18.2 Å². The van der Waals surface area contributed by atoms with Gasteiger partial charge in [-0.05, 0) is 32.0 Å².